The molecule has 88 valence electrons. The van der Waals surface area contributed by atoms with Gasteiger partial charge < -0.3 is 4.74 Å². The summed E-state index contributed by atoms with van der Waals surface area (Å²) in [4.78, 5) is 0. The third-order valence-electron chi connectivity index (χ3n) is 3.22. The minimum atomic E-state index is 0.126. The van der Waals surface area contributed by atoms with Gasteiger partial charge in [0.25, 0.3) is 0 Å². The van der Waals surface area contributed by atoms with Gasteiger partial charge in [0.15, 0.2) is 0 Å². The van der Waals surface area contributed by atoms with Crippen LogP contribution in [0.4, 0.5) is 0 Å². The Kier molecular flexibility index (Phi) is 4.25. The summed E-state index contributed by atoms with van der Waals surface area (Å²) in [5, 5.41) is 0.126. The molecule has 2 rings (SSSR count). The van der Waals surface area contributed by atoms with Gasteiger partial charge in [0.05, 0.1) is 17.6 Å². The summed E-state index contributed by atoms with van der Waals surface area (Å²) in [5.41, 5.74) is 1.22. The number of halogens is 1. The number of rotatable bonds is 4. The quantitative estimate of drug-likeness (QED) is 0.710. The molecule has 0 aliphatic carbocycles. The zero-order valence-corrected chi connectivity index (χ0v) is 10.5. The molecule has 2 heteroatoms. The molecule has 16 heavy (non-hydrogen) atoms. The molecule has 0 N–H and O–H groups in total. The van der Waals surface area contributed by atoms with Crippen LogP contribution in [0.5, 0.6) is 0 Å². The van der Waals surface area contributed by atoms with Crippen molar-refractivity contribution >= 4 is 11.6 Å². The van der Waals surface area contributed by atoms with Gasteiger partial charge in [-0.05, 0) is 38.2 Å². The van der Waals surface area contributed by atoms with E-state index in [2.05, 4.69) is 19.1 Å². The molecular formula is C14H19ClO. The largest absolute Gasteiger partial charge is 0.375 e. The van der Waals surface area contributed by atoms with Gasteiger partial charge in [0.2, 0.25) is 0 Å². The van der Waals surface area contributed by atoms with Crippen LogP contribution in [-0.2, 0) is 4.74 Å². The summed E-state index contributed by atoms with van der Waals surface area (Å²) < 4.78 is 5.79. The highest BCUT2D eigenvalue weighted by Crippen LogP contribution is 2.30. The van der Waals surface area contributed by atoms with Crippen molar-refractivity contribution in [2.75, 3.05) is 0 Å². The molecule has 1 heterocycles. The minimum absolute atomic E-state index is 0.126. The van der Waals surface area contributed by atoms with E-state index in [9.17, 15) is 0 Å². The first-order valence-electron chi connectivity index (χ1n) is 6.10. The lowest BCUT2D eigenvalue weighted by atomic mass is 10.0. The van der Waals surface area contributed by atoms with Crippen LogP contribution in [0, 0.1) is 0 Å². The van der Waals surface area contributed by atoms with E-state index < -0.39 is 0 Å². The zero-order chi connectivity index (χ0) is 11.4. The summed E-state index contributed by atoms with van der Waals surface area (Å²) in [6, 6.07) is 10.3. The van der Waals surface area contributed by atoms with Gasteiger partial charge in [-0.2, -0.15) is 0 Å². The summed E-state index contributed by atoms with van der Waals surface area (Å²) in [7, 11) is 0. The third kappa shape index (κ3) is 3.23. The second kappa shape index (κ2) is 5.70. The van der Waals surface area contributed by atoms with Gasteiger partial charge in [0, 0.05) is 0 Å². The van der Waals surface area contributed by atoms with E-state index in [0.29, 0.717) is 12.2 Å². The summed E-state index contributed by atoms with van der Waals surface area (Å²) >= 11 is 6.37. The molecule has 0 radical (unpaired) electrons. The maximum absolute atomic E-state index is 6.37. The fourth-order valence-corrected chi connectivity index (χ4v) is 2.53. The molecule has 0 saturated carbocycles. The van der Waals surface area contributed by atoms with Crippen LogP contribution < -0.4 is 0 Å². The van der Waals surface area contributed by atoms with Crippen LogP contribution in [0.25, 0.3) is 0 Å². The molecule has 0 aromatic heterocycles. The van der Waals surface area contributed by atoms with Gasteiger partial charge in [-0.3, -0.25) is 0 Å². The average molecular weight is 239 g/mol. The first-order valence-corrected chi connectivity index (χ1v) is 6.54. The highest BCUT2D eigenvalue weighted by molar-refractivity contribution is 6.20. The van der Waals surface area contributed by atoms with Crippen LogP contribution in [0.3, 0.4) is 0 Å². The van der Waals surface area contributed by atoms with Crippen molar-refractivity contribution in [1.29, 1.82) is 0 Å². The van der Waals surface area contributed by atoms with Gasteiger partial charge in [-0.15, -0.1) is 11.6 Å². The van der Waals surface area contributed by atoms with Gasteiger partial charge in [-0.25, -0.2) is 0 Å². The maximum atomic E-state index is 6.37. The molecular weight excluding hydrogens is 220 g/mol. The van der Waals surface area contributed by atoms with E-state index in [1.54, 1.807) is 0 Å². The Morgan fingerprint density at radius 1 is 1.31 bits per heavy atom. The third-order valence-corrected chi connectivity index (χ3v) is 3.69. The van der Waals surface area contributed by atoms with Crippen molar-refractivity contribution in [3.05, 3.63) is 35.9 Å². The predicted molar refractivity (Wildman–Crippen MR) is 67.8 cm³/mol. The Bertz CT molecular complexity index is 312. The molecule has 1 saturated heterocycles. The van der Waals surface area contributed by atoms with E-state index in [-0.39, 0.29) is 5.38 Å². The Labute approximate surface area is 103 Å². The first kappa shape index (κ1) is 11.9. The van der Waals surface area contributed by atoms with E-state index in [4.69, 9.17) is 16.3 Å². The fourth-order valence-electron chi connectivity index (χ4n) is 2.26. The monoisotopic (exact) mass is 238 g/mol. The topological polar surface area (TPSA) is 9.23 Å². The van der Waals surface area contributed by atoms with Crippen molar-refractivity contribution in [2.45, 2.75) is 50.2 Å². The van der Waals surface area contributed by atoms with Crippen LogP contribution in [0.2, 0.25) is 0 Å². The number of ether oxygens (including phenoxy) is 1. The highest BCUT2D eigenvalue weighted by atomic mass is 35.5. The summed E-state index contributed by atoms with van der Waals surface area (Å²) in [6.45, 7) is 2.15. The van der Waals surface area contributed by atoms with Crippen LogP contribution in [0.15, 0.2) is 30.3 Å². The van der Waals surface area contributed by atoms with Crippen molar-refractivity contribution < 1.29 is 4.74 Å². The zero-order valence-electron chi connectivity index (χ0n) is 9.73. The standard InChI is InChI=1S/C14H19ClO/c1-11-7-8-13(16-11)9-10-14(15)12-5-3-2-4-6-12/h2-6,11,13-14H,7-10H2,1H3. The number of alkyl halides is 1. The highest BCUT2D eigenvalue weighted by Gasteiger charge is 2.22. The molecule has 0 spiro atoms. The first-order chi connectivity index (χ1) is 7.75. The second-order valence-electron chi connectivity index (χ2n) is 4.60. The molecule has 0 bridgehead atoms. The van der Waals surface area contributed by atoms with E-state index in [0.717, 1.165) is 12.8 Å². The number of hydrogen-bond acceptors (Lipinski definition) is 1. The molecule has 1 aliphatic heterocycles. The van der Waals surface area contributed by atoms with Crippen LogP contribution in [0.1, 0.15) is 43.5 Å². The smallest absolute Gasteiger partial charge is 0.0586 e. The second-order valence-corrected chi connectivity index (χ2v) is 5.13. The Morgan fingerprint density at radius 2 is 2.06 bits per heavy atom. The molecule has 0 amide bonds. The summed E-state index contributed by atoms with van der Waals surface area (Å²) in [6.07, 6.45) is 5.34. The van der Waals surface area contributed by atoms with Gasteiger partial charge >= 0.3 is 0 Å². The van der Waals surface area contributed by atoms with Gasteiger partial charge in [-0.1, -0.05) is 30.3 Å². The Morgan fingerprint density at radius 3 is 2.69 bits per heavy atom. The summed E-state index contributed by atoms with van der Waals surface area (Å²) in [5.74, 6) is 0. The Hall–Kier alpha value is -0.530. The van der Waals surface area contributed by atoms with Crippen LogP contribution in [-0.4, -0.2) is 12.2 Å². The number of benzene rings is 1. The number of hydrogen-bond donors (Lipinski definition) is 0. The van der Waals surface area contributed by atoms with E-state index in [1.807, 2.05) is 18.2 Å². The lowest BCUT2D eigenvalue weighted by Gasteiger charge is -2.14. The van der Waals surface area contributed by atoms with Gasteiger partial charge in [0.1, 0.15) is 0 Å². The van der Waals surface area contributed by atoms with E-state index in [1.165, 1.54) is 18.4 Å². The van der Waals surface area contributed by atoms with Crippen molar-refractivity contribution in [3.63, 3.8) is 0 Å². The molecule has 1 aliphatic rings. The molecule has 1 aromatic carbocycles. The lowest BCUT2D eigenvalue weighted by molar-refractivity contribution is 0.0497. The molecule has 1 nitrogen and oxygen atoms in total. The van der Waals surface area contributed by atoms with E-state index >= 15 is 0 Å². The molecule has 1 fully saturated rings. The van der Waals surface area contributed by atoms with Crippen LogP contribution >= 0.6 is 11.6 Å². The SMILES string of the molecule is CC1CCC(CCC(Cl)c2ccccc2)O1. The molecule has 3 unspecified atom stereocenters. The lowest BCUT2D eigenvalue weighted by Crippen LogP contribution is -2.08. The minimum Gasteiger partial charge on any atom is -0.375 e. The molecule has 3 atom stereocenters. The maximum Gasteiger partial charge on any atom is 0.0586 e. The van der Waals surface area contributed by atoms with Crippen molar-refractivity contribution in [2.24, 2.45) is 0 Å². The average Bonchev–Trinajstić information content (AvgIpc) is 2.73. The van der Waals surface area contributed by atoms with Crippen molar-refractivity contribution in [3.8, 4) is 0 Å². The van der Waals surface area contributed by atoms with Crippen molar-refractivity contribution in [1.82, 2.24) is 0 Å². The fraction of sp³-hybridized carbons (Fsp3) is 0.571. The molecule has 1 aromatic rings. The normalized spacial score (nSPS) is 26.9. The predicted octanol–water partition coefficient (Wildman–Crippen LogP) is 4.31. The Balaban J connectivity index is 1.78.